The Labute approximate surface area is 81.9 Å². The fourth-order valence-electron chi connectivity index (χ4n) is 0.777. The predicted molar refractivity (Wildman–Crippen MR) is 49.9 cm³/mol. The first-order valence-electron chi connectivity index (χ1n) is 3.72. The summed E-state index contributed by atoms with van der Waals surface area (Å²) in [4.78, 5) is 10.6. The van der Waals surface area contributed by atoms with Crippen LogP contribution in [0.25, 0.3) is 0 Å². The van der Waals surface area contributed by atoms with Crippen molar-refractivity contribution in [2.75, 3.05) is 0 Å². The molecule has 0 aliphatic rings. The summed E-state index contributed by atoms with van der Waals surface area (Å²) in [6.07, 6.45) is 0.792. The second kappa shape index (κ2) is 4.06. The van der Waals surface area contributed by atoms with Crippen LogP contribution in [-0.4, -0.2) is 14.4 Å². The Bertz CT molecular complexity index is 433. The van der Waals surface area contributed by atoms with Crippen molar-refractivity contribution in [3.63, 3.8) is 0 Å². The Balaban J connectivity index is 2.98. The standard InChI is InChI=1S/C9H8O4S/c1-2-9(10)13-14(11,12)8-6-4-3-5-7-8/h2-7H,1H2. The van der Waals surface area contributed by atoms with E-state index in [1.165, 1.54) is 24.3 Å². The van der Waals surface area contributed by atoms with E-state index in [9.17, 15) is 13.2 Å². The van der Waals surface area contributed by atoms with Crippen molar-refractivity contribution >= 4 is 16.1 Å². The van der Waals surface area contributed by atoms with Gasteiger partial charge in [-0.05, 0) is 12.1 Å². The second-order valence-corrected chi connectivity index (χ2v) is 3.92. The normalized spacial score (nSPS) is 10.6. The zero-order valence-electron chi connectivity index (χ0n) is 7.21. The van der Waals surface area contributed by atoms with Crippen molar-refractivity contribution in [1.29, 1.82) is 0 Å². The quantitative estimate of drug-likeness (QED) is 0.556. The fraction of sp³-hybridized carbons (Fsp3) is 0. The molecule has 0 aliphatic carbocycles. The van der Waals surface area contributed by atoms with E-state index < -0.39 is 16.1 Å². The number of hydrogen-bond acceptors (Lipinski definition) is 4. The van der Waals surface area contributed by atoms with Gasteiger partial charge in [-0.3, -0.25) is 0 Å². The zero-order chi connectivity index (χ0) is 10.6. The molecular formula is C9H8O4S. The van der Waals surface area contributed by atoms with Gasteiger partial charge >= 0.3 is 16.1 Å². The van der Waals surface area contributed by atoms with E-state index in [4.69, 9.17) is 0 Å². The largest absolute Gasteiger partial charge is 0.346 e. The van der Waals surface area contributed by atoms with Crippen LogP contribution in [0.5, 0.6) is 0 Å². The second-order valence-electron chi connectivity index (χ2n) is 2.37. The first-order valence-corrected chi connectivity index (χ1v) is 5.13. The molecule has 0 amide bonds. The highest BCUT2D eigenvalue weighted by Crippen LogP contribution is 2.11. The van der Waals surface area contributed by atoms with Crippen LogP contribution in [0.1, 0.15) is 0 Å². The van der Waals surface area contributed by atoms with Crippen LogP contribution in [0.2, 0.25) is 0 Å². The van der Waals surface area contributed by atoms with E-state index in [1.54, 1.807) is 6.07 Å². The molecule has 74 valence electrons. The van der Waals surface area contributed by atoms with Crippen LogP contribution in [0.3, 0.4) is 0 Å². The summed E-state index contributed by atoms with van der Waals surface area (Å²) >= 11 is 0. The van der Waals surface area contributed by atoms with Gasteiger partial charge in [0.2, 0.25) is 0 Å². The van der Waals surface area contributed by atoms with E-state index in [0.29, 0.717) is 0 Å². The molecule has 0 bridgehead atoms. The van der Waals surface area contributed by atoms with Gasteiger partial charge in [0.05, 0.1) is 0 Å². The van der Waals surface area contributed by atoms with E-state index in [0.717, 1.165) is 6.08 Å². The minimum Gasteiger partial charge on any atom is -0.338 e. The molecule has 5 heteroatoms. The lowest BCUT2D eigenvalue weighted by atomic mass is 10.4. The Hall–Kier alpha value is -1.62. The Kier molecular flexibility index (Phi) is 3.03. The Morgan fingerprint density at radius 3 is 2.36 bits per heavy atom. The maximum Gasteiger partial charge on any atom is 0.346 e. The fourth-order valence-corrected chi connectivity index (χ4v) is 1.65. The highest BCUT2D eigenvalue weighted by Gasteiger charge is 2.17. The molecule has 0 aliphatic heterocycles. The molecule has 1 aromatic rings. The molecule has 0 spiro atoms. The van der Waals surface area contributed by atoms with E-state index >= 15 is 0 Å². The molecule has 0 aromatic heterocycles. The molecule has 0 fully saturated rings. The number of rotatable bonds is 3. The summed E-state index contributed by atoms with van der Waals surface area (Å²) in [6, 6.07) is 7.41. The number of carbonyl (C=O) groups is 1. The molecule has 0 saturated carbocycles. The first kappa shape index (κ1) is 10.5. The summed E-state index contributed by atoms with van der Waals surface area (Å²) in [6.45, 7) is 3.10. The molecular weight excluding hydrogens is 204 g/mol. The number of carbonyl (C=O) groups excluding carboxylic acids is 1. The lowest BCUT2D eigenvalue weighted by Gasteiger charge is -2.01. The Morgan fingerprint density at radius 2 is 1.86 bits per heavy atom. The molecule has 14 heavy (non-hydrogen) atoms. The maximum absolute atomic E-state index is 11.3. The first-order chi connectivity index (χ1) is 6.56. The smallest absolute Gasteiger partial charge is 0.338 e. The van der Waals surface area contributed by atoms with Gasteiger partial charge in [-0.25, -0.2) is 4.79 Å². The predicted octanol–water partition coefficient (Wildman–Crippen LogP) is 1.10. The van der Waals surface area contributed by atoms with Crippen LogP contribution >= 0.6 is 0 Å². The third-order valence-corrected chi connectivity index (χ3v) is 2.62. The van der Waals surface area contributed by atoms with E-state index in [1.807, 2.05) is 0 Å². The van der Waals surface area contributed by atoms with Crippen molar-refractivity contribution in [2.45, 2.75) is 4.90 Å². The van der Waals surface area contributed by atoms with Crippen molar-refractivity contribution < 1.29 is 17.4 Å². The molecule has 1 aromatic carbocycles. The van der Waals surface area contributed by atoms with Gasteiger partial charge in [-0.15, -0.1) is 0 Å². The summed E-state index contributed by atoms with van der Waals surface area (Å²) < 4.78 is 26.8. The summed E-state index contributed by atoms with van der Waals surface area (Å²) in [5.74, 6) is -0.992. The van der Waals surface area contributed by atoms with Crippen molar-refractivity contribution in [3.8, 4) is 0 Å². The summed E-state index contributed by atoms with van der Waals surface area (Å²) in [5, 5.41) is 0. The molecule has 0 unspecified atom stereocenters. The molecule has 1 rings (SSSR count). The zero-order valence-corrected chi connectivity index (χ0v) is 8.03. The molecule has 0 heterocycles. The Morgan fingerprint density at radius 1 is 1.29 bits per heavy atom. The summed E-state index contributed by atoms with van der Waals surface area (Å²) in [5.41, 5.74) is 0. The van der Waals surface area contributed by atoms with E-state index in [-0.39, 0.29) is 4.90 Å². The molecule has 0 atom stereocenters. The third-order valence-electron chi connectivity index (χ3n) is 1.39. The SMILES string of the molecule is C=CC(=O)OS(=O)(=O)c1ccccc1. The third kappa shape index (κ3) is 2.43. The van der Waals surface area contributed by atoms with Crippen LogP contribution in [0.15, 0.2) is 47.9 Å². The average molecular weight is 212 g/mol. The average Bonchev–Trinajstić information content (AvgIpc) is 2.18. The van der Waals surface area contributed by atoms with Gasteiger partial charge in [-0.1, -0.05) is 24.8 Å². The topological polar surface area (TPSA) is 60.4 Å². The van der Waals surface area contributed by atoms with Gasteiger partial charge in [0.15, 0.2) is 0 Å². The van der Waals surface area contributed by atoms with Gasteiger partial charge in [0, 0.05) is 6.08 Å². The monoisotopic (exact) mass is 212 g/mol. The van der Waals surface area contributed by atoms with Crippen molar-refractivity contribution in [1.82, 2.24) is 0 Å². The van der Waals surface area contributed by atoms with Gasteiger partial charge in [0.25, 0.3) is 0 Å². The highest BCUT2D eigenvalue weighted by molar-refractivity contribution is 7.87. The van der Waals surface area contributed by atoms with E-state index in [2.05, 4.69) is 10.8 Å². The lowest BCUT2D eigenvalue weighted by molar-refractivity contribution is -0.128. The van der Waals surface area contributed by atoms with Crippen LogP contribution in [0, 0.1) is 0 Å². The highest BCUT2D eigenvalue weighted by atomic mass is 32.2. The van der Waals surface area contributed by atoms with Crippen molar-refractivity contribution in [3.05, 3.63) is 43.0 Å². The molecule has 0 saturated heterocycles. The van der Waals surface area contributed by atoms with Crippen LogP contribution in [0.4, 0.5) is 0 Å². The molecule has 0 radical (unpaired) electrons. The minimum atomic E-state index is -3.99. The molecule has 0 N–H and O–H groups in total. The van der Waals surface area contributed by atoms with Gasteiger partial charge < -0.3 is 4.18 Å². The van der Waals surface area contributed by atoms with Crippen LogP contribution in [-0.2, 0) is 19.1 Å². The molecule has 4 nitrogen and oxygen atoms in total. The minimum absolute atomic E-state index is 0.0600. The number of benzene rings is 1. The summed E-state index contributed by atoms with van der Waals surface area (Å²) in [7, 11) is -3.99. The lowest BCUT2D eigenvalue weighted by Crippen LogP contribution is -2.10. The van der Waals surface area contributed by atoms with Crippen molar-refractivity contribution in [2.24, 2.45) is 0 Å². The van der Waals surface area contributed by atoms with Gasteiger partial charge in [0.1, 0.15) is 4.90 Å². The van der Waals surface area contributed by atoms with Crippen LogP contribution < -0.4 is 0 Å². The number of hydrogen-bond donors (Lipinski definition) is 0. The van der Waals surface area contributed by atoms with Gasteiger partial charge in [-0.2, -0.15) is 8.42 Å². The maximum atomic E-state index is 11.3.